The van der Waals surface area contributed by atoms with Crippen molar-refractivity contribution in [3.63, 3.8) is 0 Å². The van der Waals surface area contributed by atoms with Crippen LogP contribution in [0.3, 0.4) is 0 Å². The van der Waals surface area contributed by atoms with Gasteiger partial charge < -0.3 is 19.1 Å². The van der Waals surface area contributed by atoms with E-state index in [1.807, 2.05) is 0 Å². The summed E-state index contributed by atoms with van der Waals surface area (Å²) in [5.41, 5.74) is -0.810. The van der Waals surface area contributed by atoms with Crippen LogP contribution in [0.15, 0.2) is 0 Å². The summed E-state index contributed by atoms with van der Waals surface area (Å²) in [5.74, 6) is 5.60. The molecule has 0 aromatic carbocycles. The molecule has 0 rings (SSSR count). The minimum absolute atomic E-state index is 0. The van der Waals surface area contributed by atoms with E-state index in [9.17, 15) is 0 Å². The summed E-state index contributed by atoms with van der Waals surface area (Å²) in [6.07, 6.45) is 1.94. The second-order valence-corrected chi connectivity index (χ2v) is 44.7. The minimum Gasteiger partial charge on any atom is -0.668 e. The Morgan fingerprint density at radius 3 is 0.784 bits per heavy atom. The van der Waals surface area contributed by atoms with Crippen LogP contribution in [0.4, 0.5) is 0 Å². The van der Waals surface area contributed by atoms with E-state index in [-0.39, 0.29) is 31.1 Å². The molecule has 0 spiro atoms. The predicted octanol–water partition coefficient (Wildman–Crippen LogP) is 10.7. The van der Waals surface area contributed by atoms with Crippen LogP contribution >= 0.6 is 0 Å². The summed E-state index contributed by atoms with van der Waals surface area (Å²) in [4.78, 5) is 0. The van der Waals surface area contributed by atoms with Crippen LogP contribution < -0.4 is 0 Å². The Morgan fingerprint density at radius 1 is 0.514 bits per heavy atom. The molecule has 0 bridgehead atoms. The summed E-state index contributed by atoms with van der Waals surface area (Å²) in [6.45, 7) is 46.8. The normalized spacial score (nSPS) is 12.7. The molecule has 11 heteroatoms. The Hall–Kier alpha value is 1.75. The molecule has 0 aliphatic carbocycles. The second-order valence-electron chi connectivity index (χ2n) is 16.0. The average Bonchev–Trinajstić information content (AvgIpc) is 2.35. The number of rotatable bonds is 7. The van der Waals surface area contributed by atoms with Crippen LogP contribution in [0.25, 0.3) is 13.9 Å². The molecule has 0 aromatic heterocycles. The van der Waals surface area contributed by atoms with Crippen molar-refractivity contribution in [2.45, 2.75) is 157 Å². The first-order chi connectivity index (χ1) is 15.2. The zero-order valence-corrected chi connectivity index (χ0v) is 39.4. The maximum absolute atomic E-state index is 9.07. The topological polar surface area (TPSA) is 62.5 Å². The van der Waals surface area contributed by atoms with Gasteiger partial charge in [-0.2, -0.15) is 0 Å². The molecule has 0 saturated heterocycles. The zero-order chi connectivity index (χ0) is 30.4. The van der Waals surface area contributed by atoms with Gasteiger partial charge in [0.15, 0.2) is 0 Å². The first kappa shape index (κ1) is 48.5. The number of unbranched alkanes of at least 4 members (excludes halogenated alkanes) is 1. The van der Waals surface area contributed by atoms with Crippen molar-refractivity contribution in [3.8, 4) is 11.8 Å². The summed E-state index contributed by atoms with van der Waals surface area (Å²) in [6, 6.07) is 0. The Balaban J connectivity index is -0.000000122. The van der Waals surface area contributed by atoms with Crippen molar-refractivity contribution >= 4 is 49.4 Å². The molecule has 0 unspecified atom stereocenters. The van der Waals surface area contributed by atoms with Gasteiger partial charge >= 0.3 is 0 Å². The average molecular weight is 845 g/mol. The molecule has 0 heterocycles. The largest absolute Gasteiger partial charge is 0.668 e. The fourth-order valence-electron chi connectivity index (χ4n) is 3.42. The Kier molecular flexibility index (Phi) is 25.9. The van der Waals surface area contributed by atoms with Crippen LogP contribution in [0, 0.1) is 43.0 Å². The van der Waals surface area contributed by atoms with Gasteiger partial charge in [0.05, 0.1) is 0 Å². The van der Waals surface area contributed by atoms with E-state index in [0.29, 0.717) is 0 Å². The van der Waals surface area contributed by atoms with Crippen LogP contribution in [0.1, 0.15) is 33.6 Å². The third-order valence-corrected chi connectivity index (χ3v) is 18.9. The fraction of sp³-hybridized carbons (Fsp3) is 0.923. The molecule has 0 amide bonds. The van der Waals surface area contributed by atoms with Crippen LogP contribution in [0.5, 0.6) is 0 Å². The number of hydrogen-bond donors (Lipinski definition) is 1. The standard InChI is InChI=1S/C8H14O.3C6H18NSi2.U/c1-4-5-6-7-8(2,3)9;3*1-8(2,3)7-9(4,5)6;/h9H,4-5H2,1-3H3;3*1-6H3;/q;3*-1;. The number of aliphatic hydroxyl groups is 1. The zero-order valence-electron chi connectivity index (χ0n) is 29.2. The quantitative estimate of drug-likeness (QED) is 0.201. The van der Waals surface area contributed by atoms with Crippen molar-refractivity contribution in [2.24, 2.45) is 0 Å². The molecule has 4 nitrogen and oxygen atoms in total. The van der Waals surface area contributed by atoms with E-state index in [1.165, 1.54) is 0 Å². The second kappa shape index (κ2) is 19.8. The Morgan fingerprint density at radius 2 is 0.703 bits per heavy atom. The van der Waals surface area contributed by atoms with E-state index in [4.69, 9.17) is 19.1 Å². The molecule has 37 heavy (non-hydrogen) atoms. The Labute approximate surface area is 266 Å². The molecule has 1 N–H and O–H groups in total. The summed E-state index contributed by atoms with van der Waals surface area (Å²) < 4.78 is 14.5. The van der Waals surface area contributed by atoms with E-state index in [1.54, 1.807) is 13.8 Å². The van der Waals surface area contributed by atoms with Gasteiger partial charge in [0.1, 0.15) is 5.60 Å². The van der Waals surface area contributed by atoms with Gasteiger partial charge in [-0.3, -0.25) is 0 Å². The van der Waals surface area contributed by atoms with Crippen LogP contribution in [-0.4, -0.2) is 60.1 Å². The van der Waals surface area contributed by atoms with Gasteiger partial charge in [0, 0.05) is 37.5 Å². The third-order valence-electron chi connectivity index (χ3n) is 2.78. The predicted molar refractivity (Wildman–Crippen MR) is 189 cm³/mol. The molecule has 0 saturated carbocycles. The van der Waals surface area contributed by atoms with Gasteiger partial charge in [-0.25, -0.2) is 0 Å². The van der Waals surface area contributed by atoms with Crippen LogP contribution in [0.2, 0.25) is 118 Å². The summed E-state index contributed by atoms with van der Waals surface area (Å²) >= 11 is 0. The monoisotopic (exact) mass is 844 g/mol. The molecule has 0 fully saturated rings. The fourth-order valence-corrected chi connectivity index (χ4v) is 27.6. The molecule has 0 atom stereocenters. The maximum Gasteiger partial charge on any atom is 0.119 e. The SMILES string of the molecule is CCCC#CC(C)(C)O.C[Si](C)(C)[N-][Si](C)(C)C.C[Si](C)(C)[N-][Si](C)(C)C.C[Si](C)(C)[N-][Si](C)(C)C.[U]. The molecular formula is C26H68N3OSi6U-3. The van der Waals surface area contributed by atoms with Crippen molar-refractivity contribution in [2.75, 3.05) is 0 Å². The molecule has 0 aliphatic heterocycles. The van der Waals surface area contributed by atoms with Gasteiger partial charge in [0.2, 0.25) is 0 Å². The van der Waals surface area contributed by atoms with E-state index in [0.717, 1.165) is 12.8 Å². The number of nitrogens with zero attached hydrogens (tertiary/aromatic N) is 3. The molecule has 0 aliphatic rings. The first-order valence-electron chi connectivity index (χ1n) is 13.6. The summed E-state index contributed by atoms with van der Waals surface area (Å²) in [7, 11) is -6.64. The van der Waals surface area contributed by atoms with Crippen molar-refractivity contribution in [1.82, 2.24) is 0 Å². The van der Waals surface area contributed by atoms with Crippen molar-refractivity contribution in [3.05, 3.63) is 13.9 Å². The van der Waals surface area contributed by atoms with Gasteiger partial charge in [0.25, 0.3) is 0 Å². The van der Waals surface area contributed by atoms with Crippen LogP contribution in [-0.2, 0) is 0 Å². The smallest absolute Gasteiger partial charge is 0.119 e. The van der Waals surface area contributed by atoms with Gasteiger partial charge in [-0.15, -0.1) is 5.92 Å². The molecule has 0 aromatic rings. The molecular weight excluding hydrogens is 777 g/mol. The van der Waals surface area contributed by atoms with E-state index in [2.05, 4.69) is 137 Å². The summed E-state index contributed by atoms with van der Waals surface area (Å²) in [5, 5.41) is 9.07. The van der Waals surface area contributed by atoms with Crippen molar-refractivity contribution in [1.29, 1.82) is 0 Å². The van der Waals surface area contributed by atoms with E-state index < -0.39 is 55.0 Å². The minimum atomic E-state index is -1.11. The maximum atomic E-state index is 9.07. The van der Waals surface area contributed by atoms with Gasteiger partial charge in [-0.1, -0.05) is 180 Å². The molecule has 224 valence electrons. The Bertz CT molecular complexity index is 522. The first-order valence-corrected chi connectivity index (χ1v) is 34.3. The van der Waals surface area contributed by atoms with Crippen molar-refractivity contribution < 1.29 is 36.2 Å². The third kappa shape index (κ3) is 72.8. The molecule has 0 radical (unpaired) electrons. The van der Waals surface area contributed by atoms with Gasteiger partial charge in [-0.05, 0) is 20.3 Å². The van der Waals surface area contributed by atoms with E-state index >= 15 is 0 Å². The number of hydrogen-bond acceptors (Lipinski definition) is 1.